The number of phenols is 1. The van der Waals surface area contributed by atoms with Gasteiger partial charge < -0.3 is 24.0 Å². The standard InChI is InChI=1S/C42H40F2N4O5/c1-27-6-8-32(22-38(27)44)48(31-9-11-34(49)12-10-31)42(51)37-23-39(46-16-19-53-26-40(37)46)36-21-30(43)7-13-35(36)41(50)47-24-29-5-3-2-4-28(29)20-33(47)25-45-14-17-52-18-15-45/h2-13,21-23,33,49H,14-20,24-26H2,1H3/t33-/m0/s1. The Balaban J connectivity index is 1.21. The van der Waals surface area contributed by atoms with Crippen molar-refractivity contribution in [2.75, 3.05) is 44.4 Å². The van der Waals surface area contributed by atoms with Crippen LogP contribution in [0.15, 0.2) is 91.0 Å². The number of amides is 2. The van der Waals surface area contributed by atoms with Gasteiger partial charge in [-0.05, 0) is 90.7 Å². The first-order valence-electron chi connectivity index (χ1n) is 17.9. The number of carbonyl (C=O) groups is 2. The predicted molar refractivity (Wildman–Crippen MR) is 196 cm³/mol. The Kier molecular flexibility index (Phi) is 9.55. The zero-order valence-electron chi connectivity index (χ0n) is 29.4. The predicted octanol–water partition coefficient (Wildman–Crippen LogP) is 6.86. The van der Waals surface area contributed by atoms with E-state index in [0.29, 0.717) is 85.3 Å². The Morgan fingerprint density at radius 3 is 2.34 bits per heavy atom. The van der Waals surface area contributed by atoms with Crippen molar-refractivity contribution in [2.45, 2.75) is 39.1 Å². The summed E-state index contributed by atoms with van der Waals surface area (Å²) in [7, 11) is 0. The number of anilines is 2. The van der Waals surface area contributed by atoms with Crippen LogP contribution < -0.4 is 4.90 Å². The van der Waals surface area contributed by atoms with Gasteiger partial charge in [-0.3, -0.25) is 19.4 Å². The van der Waals surface area contributed by atoms with Crippen molar-refractivity contribution in [3.05, 3.63) is 136 Å². The summed E-state index contributed by atoms with van der Waals surface area (Å²) in [6.45, 7) is 6.44. The van der Waals surface area contributed by atoms with Crippen LogP contribution in [0.25, 0.3) is 11.3 Å². The van der Waals surface area contributed by atoms with E-state index in [1.165, 1.54) is 46.9 Å². The Morgan fingerprint density at radius 1 is 0.830 bits per heavy atom. The van der Waals surface area contributed by atoms with Crippen LogP contribution in [0.2, 0.25) is 0 Å². The fourth-order valence-corrected chi connectivity index (χ4v) is 7.70. The highest BCUT2D eigenvalue weighted by Crippen LogP contribution is 2.37. The van der Waals surface area contributed by atoms with Crippen LogP contribution in [-0.2, 0) is 35.6 Å². The third-order valence-corrected chi connectivity index (χ3v) is 10.5. The highest BCUT2D eigenvalue weighted by molar-refractivity contribution is 6.12. The molecule has 1 aromatic heterocycles. The SMILES string of the molecule is Cc1ccc(N(C(=O)c2cc(-c3cc(F)ccc3C(=O)N3Cc4ccccc4C[C@H]3CN3CCOCC3)n3c2COCC3)c2ccc(O)cc2)cc1F. The van der Waals surface area contributed by atoms with Crippen molar-refractivity contribution >= 4 is 23.2 Å². The number of benzene rings is 4. The Bertz CT molecular complexity index is 2180. The molecule has 0 unspecified atom stereocenters. The molecule has 1 fully saturated rings. The zero-order valence-corrected chi connectivity index (χ0v) is 29.4. The molecule has 1 N–H and O–H groups in total. The lowest BCUT2D eigenvalue weighted by Crippen LogP contribution is -2.52. The molecule has 1 saturated heterocycles. The van der Waals surface area contributed by atoms with Crippen molar-refractivity contribution in [1.29, 1.82) is 0 Å². The van der Waals surface area contributed by atoms with Gasteiger partial charge in [-0.1, -0.05) is 30.3 Å². The molecule has 5 aromatic rings. The average Bonchev–Trinajstić information content (AvgIpc) is 3.56. The number of aromatic hydroxyl groups is 1. The van der Waals surface area contributed by atoms with Gasteiger partial charge in [0.25, 0.3) is 11.8 Å². The van der Waals surface area contributed by atoms with Gasteiger partial charge in [0, 0.05) is 55.6 Å². The van der Waals surface area contributed by atoms with Crippen LogP contribution in [-0.4, -0.2) is 76.8 Å². The van der Waals surface area contributed by atoms with Gasteiger partial charge in [0.2, 0.25) is 0 Å². The Morgan fingerprint density at radius 2 is 1.57 bits per heavy atom. The van der Waals surface area contributed by atoms with Crippen LogP contribution in [0, 0.1) is 18.6 Å². The molecule has 3 aliphatic rings. The zero-order chi connectivity index (χ0) is 36.6. The second-order valence-electron chi connectivity index (χ2n) is 13.8. The van der Waals surface area contributed by atoms with Gasteiger partial charge in [0.15, 0.2) is 0 Å². The lowest BCUT2D eigenvalue weighted by Gasteiger charge is -2.40. The molecule has 0 radical (unpaired) electrons. The van der Waals surface area contributed by atoms with E-state index >= 15 is 4.39 Å². The molecule has 4 aromatic carbocycles. The van der Waals surface area contributed by atoms with Crippen molar-refractivity contribution < 1.29 is 33.0 Å². The molecule has 272 valence electrons. The molecule has 9 nitrogen and oxygen atoms in total. The van der Waals surface area contributed by atoms with Crippen molar-refractivity contribution in [3.8, 4) is 17.0 Å². The number of aryl methyl sites for hydroxylation is 1. The summed E-state index contributed by atoms with van der Waals surface area (Å²) < 4.78 is 43.6. The van der Waals surface area contributed by atoms with Gasteiger partial charge in [-0.25, -0.2) is 8.78 Å². The van der Waals surface area contributed by atoms with E-state index in [4.69, 9.17) is 9.47 Å². The maximum atomic E-state index is 15.3. The monoisotopic (exact) mass is 718 g/mol. The number of nitrogens with zero attached hydrogens (tertiary/aromatic N) is 4. The van der Waals surface area contributed by atoms with Crippen molar-refractivity contribution in [1.82, 2.24) is 14.4 Å². The highest BCUT2D eigenvalue weighted by Gasteiger charge is 2.35. The first-order chi connectivity index (χ1) is 25.7. The number of aromatic nitrogens is 1. The van der Waals surface area contributed by atoms with E-state index in [0.717, 1.165) is 18.7 Å². The summed E-state index contributed by atoms with van der Waals surface area (Å²) in [5, 5.41) is 10.0. The first-order valence-corrected chi connectivity index (χ1v) is 17.9. The number of morpholine rings is 1. The molecule has 53 heavy (non-hydrogen) atoms. The van der Waals surface area contributed by atoms with Crippen LogP contribution in [0.4, 0.5) is 20.2 Å². The average molecular weight is 719 g/mol. The van der Waals surface area contributed by atoms with E-state index in [1.54, 1.807) is 37.3 Å². The van der Waals surface area contributed by atoms with Crippen LogP contribution in [0.1, 0.15) is 43.1 Å². The van der Waals surface area contributed by atoms with Gasteiger partial charge >= 0.3 is 0 Å². The van der Waals surface area contributed by atoms with Gasteiger partial charge in [-0.15, -0.1) is 0 Å². The smallest absolute Gasteiger partial charge is 0.264 e. The number of phenolic OH excluding ortho intramolecular Hbond substituents is 1. The summed E-state index contributed by atoms with van der Waals surface area (Å²) in [5.41, 5.74) is 5.47. The molecule has 0 spiro atoms. The van der Waals surface area contributed by atoms with E-state index in [2.05, 4.69) is 11.0 Å². The molecule has 8 rings (SSSR count). The summed E-state index contributed by atoms with van der Waals surface area (Å²) in [5.74, 6) is -1.66. The van der Waals surface area contributed by atoms with E-state index < -0.39 is 17.5 Å². The van der Waals surface area contributed by atoms with E-state index in [9.17, 15) is 19.1 Å². The largest absolute Gasteiger partial charge is 0.508 e. The van der Waals surface area contributed by atoms with Gasteiger partial charge in [0.1, 0.15) is 17.4 Å². The Hall–Kier alpha value is -5.36. The van der Waals surface area contributed by atoms with Gasteiger partial charge in [-0.2, -0.15) is 0 Å². The topological polar surface area (TPSA) is 87.5 Å². The second kappa shape index (κ2) is 14.6. The molecule has 1 atom stereocenters. The molecular weight excluding hydrogens is 678 g/mol. The number of fused-ring (bicyclic) bond motifs is 2. The van der Waals surface area contributed by atoms with E-state index in [1.807, 2.05) is 27.7 Å². The maximum Gasteiger partial charge on any atom is 0.264 e. The number of carbonyl (C=O) groups excluding carboxylic acids is 2. The first kappa shape index (κ1) is 34.7. The quantitative estimate of drug-likeness (QED) is 0.198. The summed E-state index contributed by atoms with van der Waals surface area (Å²) >= 11 is 0. The van der Waals surface area contributed by atoms with Crippen LogP contribution in [0.5, 0.6) is 5.75 Å². The van der Waals surface area contributed by atoms with Crippen molar-refractivity contribution in [3.63, 3.8) is 0 Å². The number of hydrogen-bond donors (Lipinski definition) is 1. The molecule has 2 amide bonds. The third-order valence-electron chi connectivity index (χ3n) is 10.5. The minimum Gasteiger partial charge on any atom is -0.508 e. The van der Waals surface area contributed by atoms with E-state index in [-0.39, 0.29) is 29.9 Å². The normalized spacial score (nSPS) is 17.3. The molecule has 4 heterocycles. The maximum absolute atomic E-state index is 15.3. The fraction of sp³-hybridized carbons (Fsp3) is 0.286. The second-order valence-corrected chi connectivity index (χ2v) is 13.8. The Labute approximate surface area is 306 Å². The number of hydrogen-bond acceptors (Lipinski definition) is 6. The lowest BCUT2D eigenvalue weighted by molar-refractivity contribution is 0.0193. The van der Waals surface area contributed by atoms with Crippen molar-refractivity contribution in [2.24, 2.45) is 0 Å². The molecule has 0 aliphatic carbocycles. The molecule has 3 aliphatic heterocycles. The molecule has 0 saturated carbocycles. The summed E-state index contributed by atoms with van der Waals surface area (Å²) in [6.07, 6.45) is 0.693. The summed E-state index contributed by atoms with van der Waals surface area (Å²) in [6, 6.07) is 24.6. The lowest BCUT2D eigenvalue weighted by atomic mass is 9.92. The fourth-order valence-electron chi connectivity index (χ4n) is 7.70. The third kappa shape index (κ3) is 6.83. The van der Waals surface area contributed by atoms with Crippen LogP contribution >= 0.6 is 0 Å². The number of ether oxygens (including phenoxy) is 2. The number of halogens is 2. The summed E-state index contributed by atoms with van der Waals surface area (Å²) in [4.78, 5) is 35.2. The minimum absolute atomic E-state index is 0.0147. The highest BCUT2D eigenvalue weighted by atomic mass is 19.1. The number of rotatable bonds is 7. The van der Waals surface area contributed by atoms with Gasteiger partial charge in [0.05, 0.1) is 49.1 Å². The molecular formula is C42H40F2N4O5. The molecule has 0 bridgehead atoms. The molecule has 11 heteroatoms. The minimum atomic E-state index is -0.512. The van der Waals surface area contributed by atoms with Crippen LogP contribution in [0.3, 0.4) is 0 Å².